The maximum atomic E-state index is 13.0. The molecule has 0 aromatic heterocycles. The fourth-order valence-corrected chi connectivity index (χ4v) is 4.22. The molecular formula is C27H26ClN3O3. The van der Waals surface area contributed by atoms with Gasteiger partial charge in [-0.05, 0) is 66.9 Å². The Balaban J connectivity index is 1.34. The number of hydrogen-bond donors (Lipinski definition) is 1. The molecule has 1 saturated carbocycles. The standard InChI is InChI=1S/C27H26ClN3O3/c28-22-9-11-23(12-10-22)29-27(33)30-14-15-34-25-13-6-19(16-21(25)18-30)17-31(26(32)20-7-8-20)24-4-2-1-3-5-24/h1-6,9-13,16,20H,7-8,14-15,17-18H2,(H,29,33). The van der Waals surface area contributed by atoms with Gasteiger partial charge in [0.05, 0.1) is 19.6 Å². The van der Waals surface area contributed by atoms with Gasteiger partial charge in [0.15, 0.2) is 0 Å². The van der Waals surface area contributed by atoms with Crippen molar-refractivity contribution in [1.82, 2.24) is 4.90 Å². The molecule has 0 spiro atoms. The Labute approximate surface area is 204 Å². The van der Waals surface area contributed by atoms with Crippen LogP contribution in [0.2, 0.25) is 5.02 Å². The summed E-state index contributed by atoms with van der Waals surface area (Å²) in [4.78, 5) is 29.5. The number of carbonyl (C=O) groups excluding carboxylic acids is 2. The minimum Gasteiger partial charge on any atom is -0.491 e. The van der Waals surface area contributed by atoms with Crippen LogP contribution in [0.5, 0.6) is 5.75 Å². The molecule has 1 N–H and O–H groups in total. The summed E-state index contributed by atoms with van der Waals surface area (Å²) >= 11 is 5.94. The van der Waals surface area contributed by atoms with Gasteiger partial charge < -0.3 is 19.9 Å². The molecule has 3 aromatic carbocycles. The smallest absolute Gasteiger partial charge is 0.322 e. The van der Waals surface area contributed by atoms with Crippen molar-refractivity contribution in [3.8, 4) is 5.75 Å². The summed E-state index contributed by atoms with van der Waals surface area (Å²) in [6, 6.07) is 22.6. The van der Waals surface area contributed by atoms with E-state index in [1.807, 2.05) is 53.4 Å². The molecular weight excluding hydrogens is 450 g/mol. The van der Waals surface area contributed by atoms with E-state index in [2.05, 4.69) is 5.32 Å². The molecule has 2 aliphatic rings. The number of ether oxygens (including phenoxy) is 1. The van der Waals surface area contributed by atoms with E-state index in [0.29, 0.717) is 37.0 Å². The first kappa shape index (κ1) is 22.3. The predicted octanol–water partition coefficient (Wildman–Crippen LogP) is 5.71. The van der Waals surface area contributed by atoms with Crippen LogP contribution >= 0.6 is 11.6 Å². The lowest BCUT2D eigenvalue weighted by molar-refractivity contribution is -0.119. The fourth-order valence-electron chi connectivity index (χ4n) is 4.09. The van der Waals surface area contributed by atoms with Crippen LogP contribution in [0.4, 0.5) is 16.2 Å². The Bertz CT molecular complexity index is 1180. The van der Waals surface area contributed by atoms with Gasteiger partial charge in [0.1, 0.15) is 12.4 Å². The number of halogens is 1. The number of para-hydroxylation sites is 1. The second-order valence-corrected chi connectivity index (χ2v) is 9.12. The zero-order valence-electron chi connectivity index (χ0n) is 18.7. The van der Waals surface area contributed by atoms with E-state index >= 15 is 0 Å². The Morgan fingerprint density at radius 3 is 2.53 bits per heavy atom. The number of anilines is 2. The third-order valence-corrected chi connectivity index (χ3v) is 6.34. The largest absolute Gasteiger partial charge is 0.491 e. The average Bonchev–Trinajstić information content (AvgIpc) is 3.71. The van der Waals surface area contributed by atoms with Crippen LogP contribution in [-0.2, 0) is 17.9 Å². The van der Waals surface area contributed by atoms with Crippen molar-refractivity contribution < 1.29 is 14.3 Å². The van der Waals surface area contributed by atoms with Crippen molar-refractivity contribution in [1.29, 1.82) is 0 Å². The van der Waals surface area contributed by atoms with Crippen molar-refractivity contribution in [3.63, 3.8) is 0 Å². The quantitative estimate of drug-likeness (QED) is 0.514. The summed E-state index contributed by atoms with van der Waals surface area (Å²) in [5.74, 6) is 1.06. The van der Waals surface area contributed by atoms with Gasteiger partial charge >= 0.3 is 6.03 Å². The fraction of sp³-hybridized carbons (Fsp3) is 0.259. The number of benzene rings is 3. The molecule has 0 bridgehead atoms. The molecule has 34 heavy (non-hydrogen) atoms. The molecule has 0 saturated heterocycles. The van der Waals surface area contributed by atoms with Crippen molar-refractivity contribution in [2.45, 2.75) is 25.9 Å². The second kappa shape index (κ2) is 9.77. The lowest BCUT2D eigenvalue weighted by Gasteiger charge is -2.24. The number of hydrogen-bond acceptors (Lipinski definition) is 3. The first-order valence-electron chi connectivity index (χ1n) is 11.5. The van der Waals surface area contributed by atoms with Crippen molar-refractivity contribution in [2.75, 3.05) is 23.4 Å². The number of fused-ring (bicyclic) bond motifs is 1. The molecule has 0 atom stereocenters. The van der Waals surface area contributed by atoms with E-state index in [1.165, 1.54) is 0 Å². The first-order valence-corrected chi connectivity index (χ1v) is 11.9. The predicted molar refractivity (Wildman–Crippen MR) is 133 cm³/mol. The molecule has 0 radical (unpaired) electrons. The third-order valence-electron chi connectivity index (χ3n) is 6.09. The number of carbonyl (C=O) groups is 2. The summed E-state index contributed by atoms with van der Waals surface area (Å²) in [6.07, 6.45) is 1.91. The maximum Gasteiger partial charge on any atom is 0.322 e. The number of rotatable bonds is 5. The molecule has 5 rings (SSSR count). The molecule has 1 aliphatic heterocycles. The maximum absolute atomic E-state index is 13.0. The van der Waals surface area contributed by atoms with Gasteiger partial charge in [0.25, 0.3) is 0 Å². The molecule has 1 fully saturated rings. The van der Waals surface area contributed by atoms with Gasteiger partial charge in [0.2, 0.25) is 5.91 Å². The van der Waals surface area contributed by atoms with Gasteiger partial charge in [-0.15, -0.1) is 0 Å². The molecule has 1 aliphatic carbocycles. The van der Waals surface area contributed by atoms with E-state index in [1.54, 1.807) is 29.2 Å². The Morgan fingerprint density at radius 2 is 1.79 bits per heavy atom. The third kappa shape index (κ3) is 5.18. The molecule has 3 aromatic rings. The van der Waals surface area contributed by atoms with Gasteiger partial charge in [-0.3, -0.25) is 4.79 Å². The van der Waals surface area contributed by atoms with E-state index in [9.17, 15) is 9.59 Å². The van der Waals surface area contributed by atoms with Crippen LogP contribution in [0.3, 0.4) is 0 Å². The Morgan fingerprint density at radius 1 is 1.03 bits per heavy atom. The highest BCUT2D eigenvalue weighted by Crippen LogP contribution is 2.34. The molecule has 0 unspecified atom stereocenters. The zero-order chi connectivity index (χ0) is 23.5. The summed E-state index contributed by atoms with van der Waals surface area (Å²) in [7, 11) is 0. The SMILES string of the molecule is O=C(Nc1ccc(Cl)cc1)N1CCOc2ccc(CN(C(=O)C3CC3)c3ccccc3)cc2C1. The molecule has 174 valence electrons. The number of nitrogens with one attached hydrogen (secondary N) is 1. The summed E-state index contributed by atoms with van der Waals surface area (Å²) in [5.41, 5.74) is 3.51. The summed E-state index contributed by atoms with van der Waals surface area (Å²) < 4.78 is 5.92. The Kier molecular flexibility index (Phi) is 6.41. The van der Waals surface area contributed by atoms with Crippen LogP contribution in [0.15, 0.2) is 72.8 Å². The van der Waals surface area contributed by atoms with E-state index < -0.39 is 0 Å². The van der Waals surface area contributed by atoms with E-state index in [-0.39, 0.29) is 17.9 Å². The average molecular weight is 476 g/mol. The number of urea groups is 1. The lowest BCUT2D eigenvalue weighted by Crippen LogP contribution is -2.36. The lowest BCUT2D eigenvalue weighted by atomic mass is 10.1. The number of nitrogens with zero attached hydrogens (tertiary/aromatic N) is 2. The second-order valence-electron chi connectivity index (χ2n) is 8.68. The topological polar surface area (TPSA) is 61.9 Å². The van der Waals surface area contributed by atoms with Crippen molar-refractivity contribution in [2.24, 2.45) is 5.92 Å². The van der Waals surface area contributed by atoms with Crippen molar-refractivity contribution >= 4 is 34.9 Å². The van der Waals surface area contributed by atoms with E-state index in [0.717, 1.165) is 35.4 Å². The van der Waals surface area contributed by atoms with Crippen LogP contribution in [-0.4, -0.2) is 30.0 Å². The van der Waals surface area contributed by atoms with Gasteiger partial charge in [0, 0.05) is 27.9 Å². The van der Waals surface area contributed by atoms with Crippen LogP contribution in [0.1, 0.15) is 24.0 Å². The molecule has 1 heterocycles. The van der Waals surface area contributed by atoms with Crippen LogP contribution < -0.4 is 15.0 Å². The molecule has 6 nitrogen and oxygen atoms in total. The summed E-state index contributed by atoms with van der Waals surface area (Å²) in [6.45, 7) is 1.78. The molecule has 7 heteroatoms. The highest BCUT2D eigenvalue weighted by atomic mass is 35.5. The van der Waals surface area contributed by atoms with Crippen LogP contribution in [0, 0.1) is 5.92 Å². The number of amides is 3. The minimum atomic E-state index is -0.195. The highest BCUT2D eigenvalue weighted by molar-refractivity contribution is 6.30. The normalized spacial score (nSPS) is 15.0. The van der Waals surface area contributed by atoms with Gasteiger partial charge in [-0.25, -0.2) is 4.79 Å². The first-order chi connectivity index (χ1) is 16.6. The zero-order valence-corrected chi connectivity index (χ0v) is 19.5. The highest BCUT2D eigenvalue weighted by Gasteiger charge is 2.34. The minimum absolute atomic E-state index is 0.122. The van der Waals surface area contributed by atoms with Crippen LogP contribution in [0.25, 0.3) is 0 Å². The monoisotopic (exact) mass is 475 g/mol. The van der Waals surface area contributed by atoms with Gasteiger partial charge in [-0.2, -0.15) is 0 Å². The Hall–Kier alpha value is -3.51. The van der Waals surface area contributed by atoms with E-state index in [4.69, 9.17) is 16.3 Å². The van der Waals surface area contributed by atoms with Crippen molar-refractivity contribution in [3.05, 3.63) is 88.9 Å². The molecule has 3 amide bonds. The van der Waals surface area contributed by atoms with Gasteiger partial charge in [-0.1, -0.05) is 35.9 Å². The summed E-state index contributed by atoms with van der Waals surface area (Å²) in [5, 5.41) is 3.54.